The van der Waals surface area contributed by atoms with Crippen molar-refractivity contribution in [1.29, 1.82) is 0 Å². The van der Waals surface area contributed by atoms with Gasteiger partial charge in [0.1, 0.15) is 24.1 Å². The minimum Gasteiger partial charge on any atom is -0.458 e. The van der Waals surface area contributed by atoms with Gasteiger partial charge in [0.25, 0.3) is 0 Å². The van der Waals surface area contributed by atoms with Gasteiger partial charge in [-0.05, 0) is 37.6 Å². The third-order valence-corrected chi connectivity index (χ3v) is 7.20. The van der Waals surface area contributed by atoms with Gasteiger partial charge in [-0.1, -0.05) is 13.0 Å². The summed E-state index contributed by atoms with van der Waals surface area (Å²) in [6.45, 7) is 3.91. The van der Waals surface area contributed by atoms with Crippen LogP contribution in [0, 0.1) is 6.92 Å². The van der Waals surface area contributed by atoms with Gasteiger partial charge in [0.05, 0.1) is 10.6 Å². The van der Waals surface area contributed by atoms with Crippen LogP contribution in [0.15, 0.2) is 21.9 Å². The normalized spacial score (nSPS) is 18.3. The third-order valence-electron chi connectivity index (χ3n) is 4.27. The Morgan fingerprint density at radius 2 is 2.31 bits per heavy atom. The maximum absolute atomic E-state index is 12.4. The van der Waals surface area contributed by atoms with Gasteiger partial charge >= 0.3 is 5.97 Å². The van der Waals surface area contributed by atoms with E-state index in [2.05, 4.69) is 4.98 Å². The first-order chi connectivity index (χ1) is 12.4. The van der Waals surface area contributed by atoms with E-state index in [1.165, 1.54) is 15.6 Å². The van der Waals surface area contributed by atoms with Gasteiger partial charge in [-0.25, -0.2) is 13.4 Å². The van der Waals surface area contributed by atoms with Crippen molar-refractivity contribution in [2.75, 3.05) is 12.3 Å². The zero-order valence-corrected chi connectivity index (χ0v) is 16.4. The first kappa shape index (κ1) is 19.1. The van der Waals surface area contributed by atoms with Crippen molar-refractivity contribution in [3.05, 3.63) is 29.0 Å². The predicted octanol–water partition coefficient (Wildman–Crippen LogP) is 2.96. The first-order valence-electron chi connectivity index (χ1n) is 8.58. The second-order valence-electron chi connectivity index (χ2n) is 6.19. The summed E-state index contributed by atoms with van der Waals surface area (Å²) in [5, 5.41) is 1.93. The molecule has 2 aromatic heterocycles. The number of thiophene rings is 1. The highest BCUT2D eigenvalue weighted by Gasteiger charge is 2.39. The Balaban J connectivity index is 1.65. The molecule has 26 heavy (non-hydrogen) atoms. The van der Waals surface area contributed by atoms with Crippen LogP contribution in [0.2, 0.25) is 0 Å². The van der Waals surface area contributed by atoms with Gasteiger partial charge in [0.2, 0.25) is 15.9 Å². The molecule has 0 amide bonds. The van der Waals surface area contributed by atoms with Crippen molar-refractivity contribution in [3.8, 4) is 10.8 Å². The van der Waals surface area contributed by atoms with Crippen LogP contribution in [0.3, 0.4) is 0 Å². The van der Waals surface area contributed by atoms with Gasteiger partial charge in [-0.3, -0.25) is 4.79 Å². The minimum absolute atomic E-state index is 0.0301. The average Bonchev–Trinajstić information content (AvgIpc) is 3.33. The van der Waals surface area contributed by atoms with E-state index in [1.54, 1.807) is 13.8 Å². The van der Waals surface area contributed by atoms with E-state index in [1.807, 2.05) is 17.5 Å². The number of oxazole rings is 1. The number of aryl methyl sites for hydroxylation is 1. The lowest BCUT2D eigenvalue weighted by molar-refractivity contribution is -0.148. The summed E-state index contributed by atoms with van der Waals surface area (Å²) in [4.78, 5) is 17.7. The number of carbonyl (C=O) groups is 1. The number of hydrogen-bond donors (Lipinski definition) is 0. The summed E-state index contributed by atoms with van der Waals surface area (Å²) in [5.74, 6) is 0.602. The molecule has 3 heterocycles. The maximum atomic E-state index is 12.4. The molecule has 142 valence electrons. The lowest BCUT2D eigenvalue weighted by Crippen LogP contribution is -2.42. The number of esters is 1. The fourth-order valence-electron chi connectivity index (χ4n) is 2.99. The minimum atomic E-state index is -3.42. The number of sulfonamides is 1. The Labute approximate surface area is 157 Å². The molecule has 0 aliphatic carbocycles. The Bertz CT molecular complexity index is 858. The fourth-order valence-corrected chi connectivity index (χ4v) is 5.37. The second-order valence-corrected chi connectivity index (χ2v) is 9.18. The van der Waals surface area contributed by atoms with Crippen molar-refractivity contribution in [1.82, 2.24) is 9.29 Å². The van der Waals surface area contributed by atoms with Crippen molar-refractivity contribution >= 4 is 27.3 Å². The van der Waals surface area contributed by atoms with Crippen LogP contribution in [0.4, 0.5) is 0 Å². The molecule has 0 bridgehead atoms. The van der Waals surface area contributed by atoms with Crippen LogP contribution in [-0.4, -0.2) is 42.0 Å². The summed E-state index contributed by atoms with van der Waals surface area (Å²) in [5.41, 5.74) is 0.544. The van der Waals surface area contributed by atoms with Crippen molar-refractivity contribution in [2.24, 2.45) is 0 Å². The van der Waals surface area contributed by atoms with Gasteiger partial charge < -0.3 is 9.15 Å². The van der Waals surface area contributed by atoms with E-state index in [-0.39, 0.29) is 12.4 Å². The molecule has 9 heteroatoms. The number of hydrogen-bond acceptors (Lipinski definition) is 7. The molecule has 1 aliphatic rings. The number of aromatic nitrogens is 1. The lowest BCUT2D eigenvalue weighted by atomic mass is 10.2. The standard InChI is InChI=1S/C17H22N2O5S2/c1-3-10-26(21,22)19-8-4-6-14(19)17(20)23-11-13-12(2)24-16(18-13)15-7-5-9-25-15/h5,7,9,14H,3-4,6,8,10-11H2,1-2H3. The maximum Gasteiger partial charge on any atom is 0.324 e. The second kappa shape index (κ2) is 7.89. The van der Waals surface area contributed by atoms with Crippen LogP contribution < -0.4 is 0 Å². The highest BCUT2D eigenvalue weighted by atomic mass is 32.2. The smallest absolute Gasteiger partial charge is 0.324 e. The molecule has 0 radical (unpaired) electrons. The molecule has 0 spiro atoms. The molecule has 1 atom stereocenters. The highest BCUT2D eigenvalue weighted by molar-refractivity contribution is 7.89. The third kappa shape index (κ3) is 3.99. The first-order valence-corrected chi connectivity index (χ1v) is 11.1. The Hall–Kier alpha value is -1.71. The highest BCUT2D eigenvalue weighted by Crippen LogP contribution is 2.27. The molecular weight excluding hydrogens is 376 g/mol. The Morgan fingerprint density at radius 3 is 3.00 bits per heavy atom. The van der Waals surface area contributed by atoms with E-state index in [4.69, 9.17) is 9.15 Å². The van der Waals surface area contributed by atoms with Crippen molar-refractivity contribution < 1.29 is 22.4 Å². The number of rotatable bonds is 7. The molecule has 2 aromatic rings. The van der Waals surface area contributed by atoms with Gasteiger partial charge in [-0.2, -0.15) is 4.31 Å². The van der Waals surface area contributed by atoms with Crippen LogP contribution in [-0.2, 0) is 26.2 Å². The van der Waals surface area contributed by atoms with Gasteiger partial charge in [0.15, 0.2) is 0 Å². The van der Waals surface area contributed by atoms with Gasteiger partial charge in [-0.15, -0.1) is 11.3 Å². The van der Waals surface area contributed by atoms with Crippen molar-refractivity contribution in [2.45, 2.75) is 45.8 Å². The van der Waals surface area contributed by atoms with E-state index in [0.29, 0.717) is 43.2 Å². The molecule has 0 saturated carbocycles. The van der Waals surface area contributed by atoms with Crippen LogP contribution >= 0.6 is 11.3 Å². The molecule has 7 nitrogen and oxygen atoms in total. The number of ether oxygens (including phenoxy) is 1. The summed E-state index contributed by atoms with van der Waals surface area (Å²) >= 11 is 1.51. The molecule has 1 saturated heterocycles. The SMILES string of the molecule is CCCS(=O)(=O)N1CCCC1C(=O)OCc1nc(-c2cccs2)oc1C. The zero-order chi connectivity index (χ0) is 18.7. The summed E-state index contributed by atoms with van der Waals surface area (Å²) in [6.07, 6.45) is 1.67. The number of carbonyl (C=O) groups excluding carboxylic acids is 1. The zero-order valence-electron chi connectivity index (χ0n) is 14.8. The van der Waals surface area contributed by atoms with Crippen LogP contribution in [0.25, 0.3) is 10.8 Å². The molecular formula is C17H22N2O5S2. The molecule has 1 unspecified atom stereocenters. The van der Waals surface area contributed by atoms with E-state index >= 15 is 0 Å². The molecule has 1 aliphatic heterocycles. The lowest BCUT2D eigenvalue weighted by Gasteiger charge is -2.22. The van der Waals surface area contributed by atoms with Crippen molar-refractivity contribution in [3.63, 3.8) is 0 Å². The Kier molecular flexibility index (Phi) is 5.79. The molecule has 0 aromatic carbocycles. The summed E-state index contributed by atoms with van der Waals surface area (Å²) in [7, 11) is -3.42. The molecule has 1 fully saturated rings. The van der Waals surface area contributed by atoms with Crippen LogP contribution in [0.5, 0.6) is 0 Å². The summed E-state index contributed by atoms with van der Waals surface area (Å²) < 4.78 is 36.9. The van der Waals surface area contributed by atoms with Crippen LogP contribution in [0.1, 0.15) is 37.6 Å². The number of nitrogens with zero attached hydrogens (tertiary/aromatic N) is 2. The largest absolute Gasteiger partial charge is 0.458 e. The molecule has 0 N–H and O–H groups in total. The quantitative estimate of drug-likeness (QED) is 0.666. The average molecular weight is 399 g/mol. The van der Waals surface area contributed by atoms with E-state index in [0.717, 1.165) is 4.88 Å². The van der Waals surface area contributed by atoms with E-state index in [9.17, 15) is 13.2 Å². The summed E-state index contributed by atoms with van der Waals surface area (Å²) in [6, 6.07) is 3.07. The predicted molar refractivity (Wildman–Crippen MR) is 98.2 cm³/mol. The monoisotopic (exact) mass is 398 g/mol. The van der Waals surface area contributed by atoms with Gasteiger partial charge in [0, 0.05) is 6.54 Å². The molecule has 3 rings (SSSR count). The van der Waals surface area contributed by atoms with E-state index < -0.39 is 22.0 Å². The topological polar surface area (TPSA) is 89.7 Å². The Morgan fingerprint density at radius 1 is 1.50 bits per heavy atom. The fraction of sp³-hybridized carbons (Fsp3) is 0.529.